The van der Waals surface area contributed by atoms with Gasteiger partial charge in [0.05, 0.1) is 29.9 Å². The molecule has 1 aromatic heterocycles. The first-order chi connectivity index (χ1) is 16.8. The van der Waals surface area contributed by atoms with E-state index in [4.69, 9.17) is 9.47 Å². The Labute approximate surface area is 207 Å². The van der Waals surface area contributed by atoms with Crippen LogP contribution in [0.4, 0.5) is 5.69 Å². The summed E-state index contributed by atoms with van der Waals surface area (Å²) in [6, 6.07) is 7.11. The molecule has 0 aliphatic carbocycles. The second kappa shape index (κ2) is 9.54. The molecule has 9 heteroatoms. The first-order valence-electron chi connectivity index (χ1n) is 12.4. The molecule has 4 heterocycles. The zero-order valence-electron chi connectivity index (χ0n) is 20.6. The first kappa shape index (κ1) is 24.2. The molecule has 8 nitrogen and oxygen atoms in total. The van der Waals surface area contributed by atoms with E-state index in [2.05, 4.69) is 24.5 Å². The maximum atomic E-state index is 13.4. The summed E-state index contributed by atoms with van der Waals surface area (Å²) in [5.41, 5.74) is 5.10. The fourth-order valence-corrected chi connectivity index (χ4v) is 6.72. The van der Waals surface area contributed by atoms with Crippen LogP contribution in [-0.4, -0.2) is 68.8 Å². The van der Waals surface area contributed by atoms with E-state index in [9.17, 15) is 13.2 Å². The number of hydrogen-bond donors (Lipinski definition) is 0. The van der Waals surface area contributed by atoms with Gasteiger partial charge >= 0.3 is 0 Å². The second-order valence-electron chi connectivity index (χ2n) is 9.37. The molecule has 1 unspecified atom stereocenters. The van der Waals surface area contributed by atoms with Crippen molar-refractivity contribution in [3.63, 3.8) is 0 Å². The minimum atomic E-state index is -3.67. The predicted octanol–water partition coefficient (Wildman–Crippen LogP) is 3.21. The number of morpholine rings is 1. The molecule has 3 aliphatic rings. The Balaban J connectivity index is 1.54. The topological polar surface area (TPSA) is 81.1 Å². The van der Waals surface area contributed by atoms with Crippen LogP contribution in [0.5, 0.6) is 0 Å². The van der Waals surface area contributed by atoms with Crippen molar-refractivity contribution in [1.82, 2.24) is 8.87 Å². The summed E-state index contributed by atoms with van der Waals surface area (Å²) >= 11 is 0. The highest BCUT2D eigenvalue weighted by atomic mass is 32.2. The van der Waals surface area contributed by atoms with Crippen LogP contribution in [0, 0.1) is 13.8 Å². The molecular weight excluding hydrogens is 466 g/mol. The molecule has 35 heavy (non-hydrogen) atoms. The largest absolute Gasteiger partial charge is 0.379 e. The normalized spacial score (nSPS) is 22.4. The molecule has 1 atom stereocenters. The number of sulfonamides is 1. The van der Waals surface area contributed by atoms with E-state index in [0.29, 0.717) is 44.0 Å². The number of hydrogen-bond acceptors (Lipinski definition) is 5. The van der Waals surface area contributed by atoms with Crippen molar-refractivity contribution in [3.8, 4) is 0 Å². The second-order valence-corrected chi connectivity index (χ2v) is 11.3. The summed E-state index contributed by atoms with van der Waals surface area (Å²) in [5.74, 6) is -0.104. The summed E-state index contributed by atoms with van der Waals surface area (Å²) < 4.78 is 41.4. The SMILES string of the molecule is CCN1C(=O)/C(=C\c2cc(C)n(CC3CCCO3)c2C)c2cc(S(=O)(=O)N3CCOCC3)ccc21. The molecule has 0 bridgehead atoms. The third kappa shape index (κ3) is 4.35. The quantitative estimate of drug-likeness (QED) is 0.570. The lowest BCUT2D eigenvalue weighted by atomic mass is 10.0. The van der Waals surface area contributed by atoms with Crippen LogP contribution < -0.4 is 4.90 Å². The van der Waals surface area contributed by atoms with Crippen LogP contribution in [0.3, 0.4) is 0 Å². The summed E-state index contributed by atoms with van der Waals surface area (Å²) in [5, 5.41) is 0. The number of nitrogens with zero attached hydrogens (tertiary/aromatic N) is 3. The number of ether oxygens (including phenoxy) is 2. The molecule has 2 aromatic rings. The van der Waals surface area contributed by atoms with E-state index < -0.39 is 10.0 Å². The maximum absolute atomic E-state index is 13.4. The van der Waals surface area contributed by atoms with E-state index in [1.807, 2.05) is 13.0 Å². The number of anilines is 1. The van der Waals surface area contributed by atoms with Crippen molar-refractivity contribution in [2.75, 3.05) is 44.4 Å². The van der Waals surface area contributed by atoms with Crippen LogP contribution in [0.15, 0.2) is 29.2 Å². The summed E-state index contributed by atoms with van der Waals surface area (Å²) in [6.07, 6.45) is 4.29. The van der Waals surface area contributed by atoms with Gasteiger partial charge in [-0.2, -0.15) is 4.31 Å². The monoisotopic (exact) mass is 499 g/mol. The van der Waals surface area contributed by atoms with Gasteiger partial charge in [0, 0.05) is 55.3 Å². The fraction of sp³-hybridized carbons (Fsp3) is 0.500. The van der Waals surface area contributed by atoms with Crippen molar-refractivity contribution < 1.29 is 22.7 Å². The Morgan fingerprint density at radius 2 is 1.89 bits per heavy atom. The van der Waals surface area contributed by atoms with Crippen molar-refractivity contribution >= 4 is 33.3 Å². The number of likely N-dealkylation sites (N-methyl/N-ethyl adjacent to an activating group) is 1. The van der Waals surface area contributed by atoms with Gasteiger partial charge < -0.3 is 18.9 Å². The third-order valence-corrected chi connectivity index (χ3v) is 9.17. The molecule has 0 saturated carbocycles. The van der Waals surface area contributed by atoms with Gasteiger partial charge in [-0.05, 0) is 69.5 Å². The van der Waals surface area contributed by atoms with Crippen LogP contribution in [-0.2, 0) is 30.8 Å². The number of carbonyl (C=O) groups is 1. The van der Waals surface area contributed by atoms with E-state index in [1.165, 1.54) is 4.31 Å². The van der Waals surface area contributed by atoms with Crippen molar-refractivity contribution in [2.45, 2.75) is 51.2 Å². The van der Waals surface area contributed by atoms with Gasteiger partial charge in [0.1, 0.15) is 0 Å². The van der Waals surface area contributed by atoms with Crippen LogP contribution >= 0.6 is 0 Å². The molecule has 188 valence electrons. The number of benzene rings is 1. The lowest BCUT2D eigenvalue weighted by Gasteiger charge is -2.26. The van der Waals surface area contributed by atoms with Crippen molar-refractivity contribution in [2.24, 2.45) is 0 Å². The Morgan fingerprint density at radius 3 is 2.57 bits per heavy atom. The van der Waals surface area contributed by atoms with Gasteiger partial charge in [0.2, 0.25) is 10.0 Å². The summed E-state index contributed by atoms with van der Waals surface area (Å²) in [4.78, 5) is 15.3. The van der Waals surface area contributed by atoms with E-state index in [0.717, 1.165) is 48.6 Å². The number of fused-ring (bicyclic) bond motifs is 1. The molecule has 1 aromatic carbocycles. The molecule has 2 saturated heterocycles. The Bertz CT molecular complexity index is 1270. The number of carbonyl (C=O) groups excluding carboxylic acids is 1. The van der Waals surface area contributed by atoms with Crippen LogP contribution in [0.2, 0.25) is 0 Å². The average molecular weight is 500 g/mol. The minimum absolute atomic E-state index is 0.104. The first-order valence-corrected chi connectivity index (χ1v) is 13.8. The fourth-order valence-electron chi connectivity index (χ4n) is 5.29. The highest BCUT2D eigenvalue weighted by Crippen LogP contribution is 2.40. The lowest BCUT2D eigenvalue weighted by molar-refractivity contribution is -0.112. The molecular formula is C26H33N3O5S. The third-order valence-electron chi connectivity index (χ3n) is 7.27. The molecule has 0 N–H and O–H groups in total. The zero-order valence-corrected chi connectivity index (χ0v) is 21.4. The van der Waals surface area contributed by atoms with E-state index >= 15 is 0 Å². The standard InChI is InChI=1S/C26H33N3O5S/c1-4-28-25-8-7-22(35(31,32)27-9-12-33-13-10-27)16-23(25)24(26(28)30)15-20-14-18(2)29(19(20)3)17-21-6-5-11-34-21/h7-8,14-16,21H,4-6,9-13,17H2,1-3H3/b24-15-. The Hall–Kier alpha value is -2.46. The van der Waals surface area contributed by atoms with E-state index in [-0.39, 0.29) is 16.9 Å². The molecule has 3 aliphatic heterocycles. The number of rotatable bonds is 6. The minimum Gasteiger partial charge on any atom is -0.379 e. The Morgan fingerprint density at radius 1 is 1.11 bits per heavy atom. The molecule has 0 spiro atoms. The van der Waals surface area contributed by atoms with Gasteiger partial charge in [0.15, 0.2) is 0 Å². The highest BCUT2D eigenvalue weighted by Gasteiger charge is 2.34. The molecule has 0 radical (unpaired) electrons. The number of aryl methyl sites for hydroxylation is 1. The Kier molecular flexibility index (Phi) is 6.61. The van der Waals surface area contributed by atoms with E-state index in [1.54, 1.807) is 23.1 Å². The van der Waals surface area contributed by atoms with Crippen LogP contribution in [0.25, 0.3) is 11.6 Å². The molecule has 5 rings (SSSR count). The van der Waals surface area contributed by atoms with Crippen LogP contribution in [0.1, 0.15) is 42.3 Å². The van der Waals surface area contributed by atoms with Gasteiger partial charge in [-0.3, -0.25) is 4.79 Å². The average Bonchev–Trinajstić information content (AvgIpc) is 3.54. The number of aromatic nitrogens is 1. The number of amides is 1. The van der Waals surface area contributed by atoms with Gasteiger partial charge in [-0.15, -0.1) is 0 Å². The van der Waals surface area contributed by atoms with Crippen molar-refractivity contribution in [3.05, 3.63) is 46.8 Å². The molecule has 2 fully saturated rings. The summed E-state index contributed by atoms with van der Waals surface area (Å²) in [6.45, 7) is 9.62. The summed E-state index contributed by atoms with van der Waals surface area (Å²) in [7, 11) is -3.67. The predicted molar refractivity (Wildman–Crippen MR) is 135 cm³/mol. The highest BCUT2D eigenvalue weighted by molar-refractivity contribution is 7.89. The molecule has 1 amide bonds. The van der Waals surface area contributed by atoms with Gasteiger partial charge in [-0.1, -0.05) is 0 Å². The zero-order chi connectivity index (χ0) is 24.7. The smallest absolute Gasteiger partial charge is 0.258 e. The maximum Gasteiger partial charge on any atom is 0.258 e. The lowest BCUT2D eigenvalue weighted by Crippen LogP contribution is -2.40. The van der Waals surface area contributed by atoms with Crippen molar-refractivity contribution in [1.29, 1.82) is 0 Å². The van der Waals surface area contributed by atoms with Gasteiger partial charge in [-0.25, -0.2) is 8.42 Å². The van der Waals surface area contributed by atoms with Gasteiger partial charge in [0.25, 0.3) is 5.91 Å².